The molecule has 1 rings (SSSR count). The van der Waals surface area contributed by atoms with Crippen molar-refractivity contribution in [1.82, 2.24) is 10.6 Å². The molecule has 1 aromatic rings. The number of urea groups is 1. The molecule has 2 unspecified atom stereocenters. The van der Waals surface area contributed by atoms with Gasteiger partial charge in [-0.15, -0.1) is 11.3 Å². The summed E-state index contributed by atoms with van der Waals surface area (Å²) in [6.45, 7) is 6.49. The lowest BCUT2D eigenvalue weighted by Gasteiger charge is -2.29. The molecule has 2 amide bonds. The highest BCUT2D eigenvalue weighted by Gasteiger charge is 2.27. The Morgan fingerprint density at radius 1 is 1.58 bits per heavy atom. The Kier molecular flexibility index (Phi) is 6.29. The van der Waals surface area contributed by atoms with Crippen LogP contribution < -0.4 is 10.6 Å². The van der Waals surface area contributed by atoms with E-state index in [9.17, 15) is 9.90 Å². The molecule has 1 aromatic heterocycles. The monoisotopic (exact) mass is 348 g/mol. The normalized spacial score (nSPS) is 15.6. The predicted octanol–water partition coefficient (Wildman–Crippen LogP) is 3.11. The Balaban J connectivity index is 2.32. The van der Waals surface area contributed by atoms with E-state index in [1.54, 1.807) is 18.3 Å². The molecular weight excluding hydrogens is 328 g/mol. The molecule has 0 saturated carbocycles. The second-order valence-corrected chi connectivity index (χ2v) is 6.85. The Morgan fingerprint density at radius 3 is 2.79 bits per heavy atom. The molecule has 4 nitrogen and oxygen atoms in total. The van der Waals surface area contributed by atoms with Crippen molar-refractivity contribution in [2.45, 2.75) is 39.3 Å². The maximum absolute atomic E-state index is 11.6. The minimum absolute atomic E-state index is 0.140. The van der Waals surface area contributed by atoms with Gasteiger partial charge >= 0.3 is 6.03 Å². The van der Waals surface area contributed by atoms with Crippen LogP contribution in [-0.2, 0) is 6.54 Å². The summed E-state index contributed by atoms with van der Waals surface area (Å²) in [6.07, 6.45) is 0.875. The molecule has 0 radical (unpaired) electrons. The van der Waals surface area contributed by atoms with E-state index in [4.69, 9.17) is 0 Å². The number of halogens is 1. The van der Waals surface area contributed by atoms with E-state index in [0.717, 1.165) is 15.8 Å². The maximum atomic E-state index is 11.6. The molecule has 19 heavy (non-hydrogen) atoms. The number of hydrogen-bond acceptors (Lipinski definition) is 3. The van der Waals surface area contributed by atoms with Crippen LogP contribution in [0.4, 0.5) is 4.79 Å². The molecule has 2 atom stereocenters. The molecule has 0 aliphatic rings. The number of thiophene rings is 1. The lowest BCUT2D eigenvalue weighted by molar-refractivity contribution is 0.00790. The molecule has 1 heterocycles. The number of carbonyl (C=O) groups is 1. The van der Waals surface area contributed by atoms with Gasteiger partial charge in [0.15, 0.2) is 0 Å². The van der Waals surface area contributed by atoms with Gasteiger partial charge in [0.1, 0.15) is 0 Å². The molecule has 108 valence electrons. The number of amides is 2. The summed E-state index contributed by atoms with van der Waals surface area (Å²) in [6, 6.07) is 1.72. The summed E-state index contributed by atoms with van der Waals surface area (Å²) in [4.78, 5) is 12.7. The molecule has 0 bridgehead atoms. The second-order valence-electron chi connectivity index (χ2n) is 4.93. The topological polar surface area (TPSA) is 61.4 Å². The van der Waals surface area contributed by atoms with Gasteiger partial charge < -0.3 is 15.7 Å². The molecular formula is C13H21BrN2O2S. The fourth-order valence-electron chi connectivity index (χ4n) is 1.55. The average Bonchev–Trinajstić information content (AvgIpc) is 2.78. The standard InChI is InChI=1S/C13H21BrN2O2S/c1-4-9(2)13(3,18)8-16-12(17)15-6-11-5-10(14)7-19-11/h5,7,9,18H,4,6,8H2,1-3H3,(H2,15,16,17). The number of aliphatic hydroxyl groups is 1. The number of rotatable bonds is 6. The maximum Gasteiger partial charge on any atom is 0.315 e. The van der Waals surface area contributed by atoms with Gasteiger partial charge in [0.25, 0.3) is 0 Å². The van der Waals surface area contributed by atoms with Crippen LogP contribution in [0.2, 0.25) is 0 Å². The molecule has 0 spiro atoms. The van der Waals surface area contributed by atoms with Crippen molar-refractivity contribution in [3.63, 3.8) is 0 Å². The zero-order chi connectivity index (χ0) is 14.5. The average molecular weight is 349 g/mol. The van der Waals surface area contributed by atoms with Crippen LogP contribution in [0, 0.1) is 5.92 Å². The number of hydrogen-bond donors (Lipinski definition) is 3. The van der Waals surface area contributed by atoms with Gasteiger partial charge in [0, 0.05) is 21.3 Å². The van der Waals surface area contributed by atoms with Crippen molar-refractivity contribution in [2.75, 3.05) is 6.54 Å². The summed E-state index contributed by atoms with van der Waals surface area (Å²) in [5.74, 6) is 0.140. The summed E-state index contributed by atoms with van der Waals surface area (Å²) < 4.78 is 1.02. The zero-order valence-electron chi connectivity index (χ0n) is 11.5. The largest absolute Gasteiger partial charge is 0.388 e. The highest BCUT2D eigenvalue weighted by Crippen LogP contribution is 2.20. The van der Waals surface area contributed by atoms with Gasteiger partial charge in [-0.3, -0.25) is 0 Å². The van der Waals surface area contributed by atoms with E-state index in [1.165, 1.54) is 0 Å². The van der Waals surface area contributed by atoms with Gasteiger partial charge in [-0.2, -0.15) is 0 Å². The number of carbonyl (C=O) groups excluding carboxylic acids is 1. The summed E-state index contributed by atoms with van der Waals surface area (Å²) in [5.41, 5.74) is -0.877. The molecule has 3 N–H and O–H groups in total. The van der Waals surface area contributed by atoms with Crippen molar-refractivity contribution in [3.8, 4) is 0 Å². The van der Waals surface area contributed by atoms with E-state index in [2.05, 4.69) is 26.6 Å². The van der Waals surface area contributed by atoms with E-state index >= 15 is 0 Å². The fourth-order valence-corrected chi connectivity index (χ4v) is 2.94. The SMILES string of the molecule is CCC(C)C(C)(O)CNC(=O)NCc1cc(Br)cs1. The number of nitrogens with one attached hydrogen (secondary N) is 2. The molecule has 0 aliphatic carbocycles. The van der Waals surface area contributed by atoms with Gasteiger partial charge in [0.05, 0.1) is 12.1 Å². The van der Waals surface area contributed by atoms with Crippen LogP contribution in [0.1, 0.15) is 32.1 Å². The molecule has 6 heteroatoms. The second kappa shape index (κ2) is 7.26. The van der Waals surface area contributed by atoms with E-state index in [-0.39, 0.29) is 18.5 Å². The van der Waals surface area contributed by atoms with E-state index < -0.39 is 5.60 Å². The fraction of sp³-hybridized carbons (Fsp3) is 0.615. The van der Waals surface area contributed by atoms with Crippen LogP contribution in [0.25, 0.3) is 0 Å². The molecule has 0 fully saturated rings. The van der Waals surface area contributed by atoms with Crippen molar-refractivity contribution in [3.05, 3.63) is 20.8 Å². The third kappa shape index (κ3) is 5.50. The van der Waals surface area contributed by atoms with Crippen LogP contribution in [0.5, 0.6) is 0 Å². The third-order valence-electron chi connectivity index (χ3n) is 3.33. The first-order chi connectivity index (χ1) is 8.85. The molecule has 0 aliphatic heterocycles. The van der Waals surface area contributed by atoms with Crippen molar-refractivity contribution < 1.29 is 9.90 Å². The highest BCUT2D eigenvalue weighted by molar-refractivity contribution is 9.10. The van der Waals surface area contributed by atoms with Gasteiger partial charge in [0.2, 0.25) is 0 Å². The van der Waals surface area contributed by atoms with Crippen LogP contribution in [0.3, 0.4) is 0 Å². The third-order valence-corrected chi connectivity index (χ3v) is 5.02. The highest BCUT2D eigenvalue weighted by atomic mass is 79.9. The van der Waals surface area contributed by atoms with Crippen LogP contribution in [0.15, 0.2) is 15.9 Å². The van der Waals surface area contributed by atoms with Crippen LogP contribution in [-0.4, -0.2) is 23.3 Å². The minimum atomic E-state index is -0.877. The Morgan fingerprint density at radius 2 is 2.26 bits per heavy atom. The Hall–Kier alpha value is -0.590. The van der Waals surface area contributed by atoms with Gasteiger partial charge in [-0.25, -0.2) is 4.79 Å². The Bertz CT molecular complexity index is 421. The van der Waals surface area contributed by atoms with Crippen LogP contribution >= 0.6 is 27.3 Å². The molecule has 0 saturated heterocycles. The summed E-state index contributed by atoms with van der Waals surface area (Å²) >= 11 is 4.95. The minimum Gasteiger partial charge on any atom is -0.388 e. The molecule has 0 aromatic carbocycles. The van der Waals surface area contributed by atoms with E-state index in [1.807, 2.05) is 25.3 Å². The lowest BCUT2D eigenvalue weighted by atomic mass is 9.89. The quantitative estimate of drug-likeness (QED) is 0.739. The zero-order valence-corrected chi connectivity index (χ0v) is 13.9. The smallest absolute Gasteiger partial charge is 0.315 e. The van der Waals surface area contributed by atoms with Crippen molar-refractivity contribution >= 4 is 33.3 Å². The van der Waals surface area contributed by atoms with Gasteiger partial charge in [-0.1, -0.05) is 20.3 Å². The lowest BCUT2D eigenvalue weighted by Crippen LogP contribution is -2.47. The van der Waals surface area contributed by atoms with Crippen molar-refractivity contribution in [2.24, 2.45) is 5.92 Å². The predicted molar refractivity (Wildman–Crippen MR) is 82.3 cm³/mol. The first-order valence-corrected chi connectivity index (χ1v) is 7.99. The van der Waals surface area contributed by atoms with Crippen molar-refractivity contribution in [1.29, 1.82) is 0 Å². The first kappa shape index (κ1) is 16.5. The van der Waals surface area contributed by atoms with Gasteiger partial charge in [-0.05, 0) is 34.8 Å². The summed E-state index contributed by atoms with van der Waals surface area (Å²) in [7, 11) is 0. The first-order valence-electron chi connectivity index (χ1n) is 6.32. The summed E-state index contributed by atoms with van der Waals surface area (Å²) in [5, 5.41) is 17.6. The Labute approximate surface area is 126 Å². The van der Waals surface area contributed by atoms with E-state index in [0.29, 0.717) is 6.54 Å².